The van der Waals surface area contributed by atoms with E-state index in [1.807, 2.05) is 20.8 Å². The molecule has 1 amide bonds. The summed E-state index contributed by atoms with van der Waals surface area (Å²) in [6, 6.07) is 0. The third kappa shape index (κ3) is 19.5. The number of alkyl carbamates (subject to hydrolysis) is 1. The Morgan fingerprint density at radius 1 is 0.929 bits per heavy atom. The summed E-state index contributed by atoms with van der Waals surface area (Å²) in [5, 5.41) is 6.14. The number of amides is 1. The van der Waals surface area contributed by atoms with Gasteiger partial charge in [0.05, 0.1) is 6.61 Å². The van der Waals surface area contributed by atoms with Gasteiger partial charge in [-0.1, -0.05) is 39.5 Å². The van der Waals surface area contributed by atoms with Gasteiger partial charge in [-0.3, -0.25) is 4.79 Å². The van der Waals surface area contributed by atoms with E-state index in [1.165, 1.54) is 6.42 Å². The van der Waals surface area contributed by atoms with E-state index >= 15 is 0 Å². The molecule has 6 heteroatoms. The van der Waals surface area contributed by atoms with Crippen LogP contribution >= 0.6 is 0 Å². The smallest absolute Gasteiger partial charge is 0.407 e. The fourth-order valence-corrected chi connectivity index (χ4v) is 2.54. The fourth-order valence-electron chi connectivity index (χ4n) is 2.54. The molecule has 0 heterocycles. The number of carbonyl (C=O) groups is 2. The van der Waals surface area contributed by atoms with Crippen LogP contribution in [0, 0.1) is 5.92 Å². The summed E-state index contributed by atoms with van der Waals surface area (Å²) in [6.07, 6.45) is 8.65. The van der Waals surface area contributed by atoms with Gasteiger partial charge in [-0.2, -0.15) is 0 Å². The van der Waals surface area contributed by atoms with Crippen molar-refractivity contribution in [2.75, 3.05) is 26.2 Å². The minimum atomic E-state index is -0.448. The average molecular weight is 401 g/mol. The molecule has 0 rings (SSSR count). The average Bonchev–Trinajstić information content (AvgIpc) is 2.60. The fraction of sp³-hybridized carbons (Fsp3) is 0.909. The summed E-state index contributed by atoms with van der Waals surface area (Å²) in [7, 11) is 0. The summed E-state index contributed by atoms with van der Waals surface area (Å²) in [4.78, 5) is 23.1. The number of rotatable bonds is 16. The second kappa shape index (κ2) is 16.6. The topological polar surface area (TPSA) is 76.7 Å². The van der Waals surface area contributed by atoms with Crippen LogP contribution < -0.4 is 10.6 Å². The SMILES string of the molecule is CCC(C)CCOC(=O)CCCCCCCNCCCNC(=O)OC(C)(C)C. The lowest BCUT2D eigenvalue weighted by Gasteiger charge is -2.19. The van der Waals surface area contributed by atoms with Crippen LogP contribution in [0.2, 0.25) is 0 Å². The van der Waals surface area contributed by atoms with E-state index in [9.17, 15) is 9.59 Å². The van der Waals surface area contributed by atoms with Gasteiger partial charge in [0.2, 0.25) is 0 Å². The lowest BCUT2D eigenvalue weighted by Crippen LogP contribution is -2.34. The molecule has 0 saturated heterocycles. The molecule has 1 atom stereocenters. The molecular formula is C22H44N2O4. The zero-order valence-corrected chi connectivity index (χ0v) is 18.9. The second-order valence-corrected chi connectivity index (χ2v) is 8.57. The Morgan fingerprint density at radius 3 is 2.25 bits per heavy atom. The van der Waals surface area contributed by atoms with Gasteiger partial charge in [-0.15, -0.1) is 0 Å². The van der Waals surface area contributed by atoms with Gasteiger partial charge in [0.15, 0.2) is 0 Å². The van der Waals surface area contributed by atoms with Crippen LogP contribution in [0.1, 0.15) is 92.4 Å². The van der Waals surface area contributed by atoms with Crippen LogP contribution in [0.5, 0.6) is 0 Å². The highest BCUT2D eigenvalue weighted by Crippen LogP contribution is 2.09. The lowest BCUT2D eigenvalue weighted by molar-refractivity contribution is -0.144. The molecule has 0 aliphatic rings. The number of nitrogens with one attached hydrogen (secondary N) is 2. The molecular weight excluding hydrogens is 356 g/mol. The van der Waals surface area contributed by atoms with Gasteiger partial charge < -0.3 is 20.1 Å². The van der Waals surface area contributed by atoms with Gasteiger partial charge in [0.1, 0.15) is 5.60 Å². The summed E-state index contributed by atoms with van der Waals surface area (Å²) in [6.45, 7) is 13.0. The normalized spacial score (nSPS) is 12.5. The highest BCUT2D eigenvalue weighted by atomic mass is 16.6. The van der Waals surface area contributed by atoms with Crippen LogP contribution in [-0.2, 0) is 14.3 Å². The largest absolute Gasteiger partial charge is 0.466 e. The number of hydrogen-bond donors (Lipinski definition) is 2. The Morgan fingerprint density at radius 2 is 1.57 bits per heavy atom. The molecule has 166 valence electrons. The van der Waals surface area contributed by atoms with E-state index in [-0.39, 0.29) is 12.1 Å². The Hall–Kier alpha value is -1.30. The maximum absolute atomic E-state index is 11.6. The Kier molecular flexibility index (Phi) is 15.9. The van der Waals surface area contributed by atoms with Crippen molar-refractivity contribution in [3.63, 3.8) is 0 Å². The van der Waals surface area contributed by atoms with Crippen LogP contribution in [-0.4, -0.2) is 43.9 Å². The number of unbranched alkanes of at least 4 members (excludes halogenated alkanes) is 4. The molecule has 0 fully saturated rings. The van der Waals surface area contributed by atoms with Crippen molar-refractivity contribution >= 4 is 12.1 Å². The molecule has 0 saturated carbocycles. The first-order valence-corrected chi connectivity index (χ1v) is 11.1. The molecule has 0 aromatic rings. The summed E-state index contributed by atoms with van der Waals surface area (Å²) in [5.74, 6) is 0.576. The van der Waals surface area contributed by atoms with E-state index in [1.54, 1.807) is 0 Å². The maximum atomic E-state index is 11.6. The van der Waals surface area contributed by atoms with E-state index in [0.29, 0.717) is 25.5 Å². The van der Waals surface area contributed by atoms with Crippen molar-refractivity contribution in [1.29, 1.82) is 0 Å². The van der Waals surface area contributed by atoms with Crippen molar-refractivity contribution in [3.05, 3.63) is 0 Å². The van der Waals surface area contributed by atoms with Crippen molar-refractivity contribution in [3.8, 4) is 0 Å². The molecule has 0 spiro atoms. The first kappa shape index (κ1) is 26.7. The number of hydrogen-bond acceptors (Lipinski definition) is 5. The van der Waals surface area contributed by atoms with Crippen LogP contribution in [0.25, 0.3) is 0 Å². The number of carbonyl (C=O) groups excluding carboxylic acids is 2. The molecule has 0 radical (unpaired) electrons. The van der Waals surface area contributed by atoms with E-state index < -0.39 is 5.60 Å². The van der Waals surface area contributed by atoms with Gasteiger partial charge in [-0.05, 0) is 65.5 Å². The van der Waals surface area contributed by atoms with Crippen molar-refractivity contribution < 1.29 is 19.1 Å². The summed E-state index contributed by atoms with van der Waals surface area (Å²) >= 11 is 0. The number of ether oxygens (including phenoxy) is 2. The number of esters is 1. The molecule has 0 aliphatic carbocycles. The highest BCUT2D eigenvalue weighted by molar-refractivity contribution is 5.69. The predicted molar refractivity (Wildman–Crippen MR) is 114 cm³/mol. The third-order valence-corrected chi connectivity index (χ3v) is 4.50. The highest BCUT2D eigenvalue weighted by Gasteiger charge is 2.15. The Bertz CT molecular complexity index is 408. The lowest BCUT2D eigenvalue weighted by atomic mass is 10.1. The molecule has 0 aliphatic heterocycles. The molecule has 1 unspecified atom stereocenters. The van der Waals surface area contributed by atoms with Crippen molar-refractivity contribution in [2.45, 2.75) is 98.0 Å². The van der Waals surface area contributed by atoms with E-state index in [2.05, 4.69) is 24.5 Å². The van der Waals surface area contributed by atoms with Crippen molar-refractivity contribution in [2.24, 2.45) is 5.92 Å². The first-order valence-electron chi connectivity index (χ1n) is 11.1. The monoisotopic (exact) mass is 400 g/mol. The van der Waals surface area contributed by atoms with Gasteiger partial charge in [0.25, 0.3) is 0 Å². The Labute approximate surface area is 172 Å². The minimum absolute atomic E-state index is 0.0510. The summed E-state index contributed by atoms with van der Waals surface area (Å²) < 4.78 is 10.4. The molecule has 0 bridgehead atoms. The third-order valence-electron chi connectivity index (χ3n) is 4.50. The van der Waals surface area contributed by atoms with Gasteiger partial charge in [-0.25, -0.2) is 4.79 Å². The molecule has 28 heavy (non-hydrogen) atoms. The molecule has 0 aromatic carbocycles. The van der Waals surface area contributed by atoms with Gasteiger partial charge in [0, 0.05) is 13.0 Å². The molecule has 6 nitrogen and oxygen atoms in total. The summed E-state index contributed by atoms with van der Waals surface area (Å²) in [5.41, 5.74) is -0.448. The first-order chi connectivity index (χ1) is 13.2. The zero-order chi connectivity index (χ0) is 21.3. The maximum Gasteiger partial charge on any atom is 0.407 e. The minimum Gasteiger partial charge on any atom is -0.466 e. The molecule has 2 N–H and O–H groups in total. The quantitative estimate of drug-likeness (QED) is 0.287. The van der Waals surface area contributed by atoms with Crippen LogP contribution in [0.15, 0.2) is 0 Å². The van der Waals surface area contributed by atoms with Crippen LogP contribution in [0.3, 0.4) is 0 Å². The predicted octanol–water partition coefficient (Wildman–Crippen LogP) is 4.81. The van der Waals surface area contributed by atoms with E-state index in [0.717, 1.165) is 58.0 Å². The van der Waals surface area contributed by atoms with Crippen LogP contribution in [0.4, 0.5) is 4.79 Å². The second-order valence-electron chi connectivity index (χ2n) is 8.57. The molecule has 0 aromatic heterocycles. The van der Waals surface area contributed by atoms with Gasteiger partial charge >= 0.3 is 12.1 Å². The van der Waals surface area contributed by atoms with E-state index in [4.69, 9.17) is 9.47 Å². The van der Waals surface area contributed by atoms with Crippen molar-refractivity contribution in [1.82, 2.24) is 10.6 Å². The Balaban J connectivity index is 3.29. The zero-order valence-electron chi connectivity index (χ0n) is 18.9. The standard InChI is InChI=1S/C22H44N2O4/c1-6-19(2)14-18-27-20(25)13-10-8-7-9-11-15-23-16-12-17-24-21(26)28-22(3,4)5/h19,23H,6-18H2,1-5H3,(H,24,26).